The third kappa shape index (κ3) is 19.0. The van der Waals surface area contributed by atoms with Crippen LogP contribution in [0, 0.1) is 0 Å². The normalized spacial score (nSPS) is 12.8. The predicted molar refractivity (Wildman–Crippen MR) is 127 cm³/mol. The van der Waals surface area contributed by atoms with Crippen LogP contribution in [-0.2, 0) is 19.1 Å². The van der Waals surface area contributed by atoms with Crippen LogP contribution in [0.1, 0.15) is 96.8 Å². The number of amides is 1. The highest BCUT2D eigenvalue weighted by Gasteiger charge is 2.03. The van der Waals surface area contributed by atoms with Crippen LogP contribution in [0.2, 0.25) is 0 Å². The van der Waals surface area contributed by atoms with Gasteiger partial charge in [0.1, 0.15) is 13.2 Å². The van der Waals surface area contributed by atoms with Crippen LogP contribution in [0.5, 0.6) is 0 Å². The van der Waals surface area contributed by atoms with Gasteiger partial charge in [-0.3, -0.25) is 9.59 Å². The summed E-state index contributed by atoms with van der Waals surface area (Å²) in [6.07, 6.45) is 16.8. The first kappa shape index (κ1) is 28.4. The Bertz CT molecular complexity index is 552. The molecule has 0 aromatic carbocycles. The average Bonchev–Trinajstić information content (AvgIpc) is 3.29. The Balaban J connectivity index is 1.70. The molecule has 0 aliphatic carbocycles. The number of hydrogen-bond acceptors (Lipinski definition) is 7. The maximum absolute atomic E-state index is 11.8. The van der Waals surface area contributed by atoms with Gasteiger partial charge >= 0.3 is 0 Å². The summed E-state index contributed by atoms with van der Waals surface area (Å²) in [6, 6.07) is 0. The van der Waals surface area contributed by atoms with Crippen LogP contribution < -0.4 is 5.32 Å². The average molecular weight is 453 g/mol. The first-order valence-electron chi connectivity index (χ1n) is 12.5. The number of nitrogens with one attached hydrogen (secondary N) is 1. The van der Waals surface area contributed by atoms with E-state index in [1.54, 1.807) is 0 Å². The molecule has 1 aliphatic rings. The molecule has 32 heavy (non-hydrogen) atoms. The summed E-state index contributed by atoms with van der Waals surface area (Å²) in [4.78, 5) is 22.5. The van der Waals surface area contributed by atoms with E-state index < -0.39 is 0 Å². The van der Waals surface area contributed by atoms with E-state index in [0.29, 0.717) is 39.3 Å². The molecule has 0 radical (unpaired) electrons. The van der Waals surface area contributed by atoms with E-state index in [-0.39, 0.29) is 18.3 Å². The van der Waals surface area contributed by atoms with E-state index in [1.807, 2.05) is 0 Å². The van der Waals surface area contributed by atoms with E-state index in [9.17, 15) is 9.59 Å². The molecule has 8 nitrogen and oxygen atoms in total. The minimum Gasteiger partial charge on any atom is -0.377 e. The SMILES string of the molecule is CC(=O)COCCOCCNC(=O)CCCCCCCCCCCCCCC1=NN=NC1. The summed E-state index contributed by atoms with van der Waals surface area (Å²) in [5, 5.41) is 14.4. The zero-order valence-electron chi connectivity index (χ0n) is 20.1. The van der Waals surface area contributed by atoms with Gasteiger partial charge in [-0.1, -0.05) is 64.2 Å². The fourth-order valence-electron chi connectivity index (χ4n) is 3.54. The van der Waals surface area contributed by atoms with E-state index >= 15 is 0 Å². The second kappa shape index (κ2) is 21.2. The van der Waals surface area contributed by atoms with Crippen LogP contribution in [0.25, 0.3) is 0 Å². The van der Waals surface area contributed by atoms with Crippen molar-refractivity contribution in [3.63, 3.8) is 0 Å². The molecule has 0 bridgehead atoms. The van der Waals surface area contributed by atoms with Crippen LogP contribution >= 0.6 is 0 Å². The number of ether oxygens (including phenoxy) is 2. The van der Waals surface area contributed by atoms with Gasteiger partial charge in [-0.2, -0.15) is 5.11 Å². The Morgan fingerprint density at radius 3 is 2.00 bits per heavy atom. The van der Waals surface area contributed by atoms with Crippen molar-refractivity contribution in [2.24, 2.45) is 15.4 Å². The summed E-state index contributed by atoms with van der Waals surface area (Å²) in [5.74, 6) is 0.109. The Labute approximate surface area is 194 Å². The topological polar surface area (TPSA) is 102 Å². The zero-order valence-corrected chi connectivity index (χ0v) is 20.1. The third-order valence-electron chi connectivity index (χ3n) is 5.37. The van der Waals surface area contributed by atoms with Crippen LogP contribution in [0.4, 0.5) is 0 Å². The van der Waals surface area contributed by atoms with E-state index in [0.717, 1.165) is 25.0 Å². The molecular weight excluding hydrogens is 408 g/mol. The molecule has 1 N–H and O–H groups in total. The molecule has 8 heteroatoms. The number of unbranched alkanes of at least 4 members (excludes halogenated alkanes) is 11. The van der Waals surface area contributed by atoms with Gasteiger partial charge < -0.3 is 14.8 Å². The van der Waals surface area contributed by atoms with E-state index in [2.05, 4.69) is 20.8 Å². The van der Waals surface area contributed by atoms with Gasteiger partial charge in [0.15, 0.2) is 5.78 Å². The van der Waals surface area contributed by atoms with Crippen LogP contribution in [0.15, 0.2) is 15.4 Å². The van der Waals surface area contributed by atoms with Crippen molar-refractivity contribution in [2.45, 2.75) is 96.8 Å². The standard InChI is InChI=1S/C24H44N4O4/c1-22(29)21-32-19-18-31-17-16-25-24(30)15-13-11-9-7-5-3-2-4-6-8-10-12-14-23-20-26-28-27-23/h2-21H2,1H3,(H,25,30). The van der Waals surface area contributed by atoms with Gasteiger partial charge in [-0.15, -0.1) is 5.10 Å². The monoisotopic (exact) mass is 452 g/mol. The quantitative estimate of drug-likeness (QED) is 0.220. The molecule has 0 saturated heterocycles. The number of Topliss-reactive ketones (excluding diaryl/α,β-unsaturated/α-hetero) is 1. The molecular formula is C24H44N4O4. The van der Waals surface area contributed by atoms with Gasteiger partial charge in [0.25, 0.3) is 0 Å². The molecule has 0 saturated carbocycles. The summed E-state index contributed by atoms with van der Waals surface area (Å²) in [7, 11) is 0. The molecule has 0 fully saturated rings. The van der Waals surface area contributed by atoms with Crippen LogP contribution in [0.3, 0.4) is 0 Å². The lowest BCUT2D eigenvalue weighted by Crippen LogP contribution is -2.27. The molecule has 0 aromatic heterocycles. The van der Waals surface area contributed by atoms with Gasteiger partial charge in [0.05, 0.1) is 25.5 Å². The molecule has 0 spiro atoms. The Morgan fingerprint density at radius 1 is 0.812 bits per heavy atom. The molecule has 1 rings (SSSR count). The summed E-state index contributed by atoms with van der Waals surface area (Å²) in [5.41, 5.74) is 1.14. The molecule has 184 valence electrons. The summed E-state index contributed by atoms with van der Waals surface area (Å²) in [6.45, 7) is 4.17. The third-order valence-corrected chi connectivity index (χ3v) is 5.37. The highest BCUT2D eigenvalue weighted by Crippen LogP contribution is 2.13. The van der Waals surface area contributed by atoms with Gasteiger partial charge in [-0.25, -0.2) is 0 Å². The van der Waals surface area contributed by atoms with Gasteiger partial charge in [0, 0.05) is 13.0 Å². The number of nitrogens with zero attached hydrogens (tertiary/aromatic N) is 3. The fourth-order valence-corrected chi connectivity index (χ4v) is 3.54. The summed E-state index contributed by atoms with van der Waals surface area (Å²) < 4.78 is 10.4. The van der Waals surface area contributed by atoms with Crippen molar-refractivity contribution >= 4 is 17.4 Å². The number of carbonyl (C=O) groups excluding carboxylic acids is 2. The van der Waals surface area contributed by atoms with Gasteiger partial charge in [0.2, 0.25) is 5.91 Å². The molecule has 1 amide bonds. The molecule has 0 unspecified atom stereocenters. The van der Waals surface area contributed by atoms with E-state index in [4.69, 9.17) is 9.47 Å². The van der Waals surface area contributed by atoms with E-state index in [1.165, 1.54) is 71.1 Å². The highest BCUT2D eigenvalue weighted by atomic mass is 16.5. The second-order valence-electron chi connectivity index (χ2n) is 8.51. The zero-order chi connectivity index (χ0) is 23.1. The number of rotatable bonds is 23. The fraction of sp³-hybridized carbons (Fsp3) is 0.875. The molecule has 1 aliphatic heterocycles. The van der Waals surface area contributed by atoms with Crippen molar-refractivity contribution in [1.29, 1.82) is 0 Å². The Hall–Kier alpha value is -1.67. The lowest BCUT2D eigenvalue weighted by atomic mass is 10.0. The largest absolute Gasteiger partial charge is 0.377 e. The number of ketones is 1. The van der Waals surface area contributed by atoms with Crippen molar-refractivity contribution in [2.75, 3.05) is 39.5 Å². The second-order valence-corrected chi connectivity index (χ2v) is 8.51. The lowest BCUT2D eigenvalue weighted by molar-refractivity contribution is -0.123. The smallest absolute Gasteiger partial charge is 0.220 e. The Kier molecular flexibility index (Phi) is 18.8. The maximum atomic E-state index is 11.8. The van der Waals surface area contributed by atoms with Crippen LogP contribution in [-0.4, -0.2) is 56.9 Å². The minimum absolute atomic E-state index is 0.00944. The van der Waals surface area contributed by atoms with Crippen molar-refractivity contribution in [3.8, 4) is 0 Å². The predicted octanol–water partition coefficient (Wildman–Crippen LogP) is 5.01. The Morgan fingerprint density at radius 2 is 1.41 bits per heavy atom. The first-order valence-corrected chi connectivity index (χ1v) is 12.5. The number of hydrogen-bond donors (Lipinski definition) is 1. The first-order chi connectivity index (χ1) is 15.7. The highest BCUT2D eigenvalue weighted by molar-refractivity contribution is 5.87. The lowest BCUT2D eigenvalue weighted by Gasteiger charge is -2.07. The maximum Gasteiger partial charge on any atom is 0.220 e. The molecule has 1 heterocycles. The number of carbonyl (C=O) groups is 2. The van der Waals surface area contributed by atoms with Crippen molar-refractivity contribution in [3.05, 3.63) is 0 Å². The molecule has 0 aromatic rings. The van der Waals surface area contributed by atoms with Crippen molar-refractivity contribution in [1.82, 2.24) is 5.32 Å². The minimum atomic E-state index is 0.00944. The van der Waals surface area contributed by atoms with Crippen molar-refractivity contribution < 1.29 is 19.1 Å². The molecule has 0 atom stereocenters. The summed E-state index contributed by atoms with van der Waals surface area (Å²) >= 11 is 0. The van der Waals surface area contributed by atoms with Gasteiger partial charge in [-0.05, 0) is 31.4 Å².